The van der Waals surface area contributed by atoms with E-state index in [9.17, 15) is 22.0 Å². The van der Waals surface area contributed by atoms with E-state index in [1.54, 1.807) is 0 Å². The van der Waals surface area contributed by atoms with Crippen LogP contribution in [-0.2, 0) is 11.3 Å². The largest absolute Gasteiger partial charge is 0.335 e. The van der Waals surface area contributed by atoms with E-state index in [-0.39, 0.29) is 6.61 Å². The third-order valence-electron chi connectivity index (χ3n) is 3.53. The fourth-order valence-electron chi connectivity index (χ4n) is 2.24. The SMILES string of the molecule is FC1=C(F)C(F)(OCCCCCC[n+]2ccccc2)C(F)=C1F. The molecule has 7 heteroatoms. The van der Waals surface area contributed by atoms with Crippen molar-refractivity contribution >= 4 is 0 Å². The summed E-state index contributed by atoms with van der Waals surface area (Å²) < 4.78 is 72.2. The summed E-state index contributed by atoms with van der Waals surface area (Å²) in [5.74, 6) is -12.5. The summed E-state index contributed by atoms with van der Waals surface area (Å²) in [5, 5.41) is 0. The van der Waals surface area contributed by atoms with Crippen molar-refractivity contribution in [3.8, 4) is 0 Å². The van der Waals surface area contributed by atoms with Gasteiger partial charge in [-0.3, -0.25) is 0 Å². The van der Waals surface area contributed by atoms with Gasteiger partial charge in [-0.15, -0.1) is 0 Å². The molecule has 0 fully saturated rings. The molecule has 0 aliphatic heterocycles. The van der Waals surface area contributed by atoms with Crippen LogP contribution in [0.1, 0.15) is 25.7 Å². The van der Waals surface area contributed by atoms with E-state index in [0.29, 0.717) is 12.8 Å². The van der Waals surface area contributed by atoms with Gasteiger partial charge in [-0.2, -0.15) is 4.39 Å². The van der Waals surface area contributed by atoms with Gasteiger partial charge in [0.25, 0.3) is 0 Å². The van der Waals surface area contributed by atoms with E-state index >= 15 is 0 Å². The van der Waals surface area contributed by atoms with Gasteiger partial charge in [-0.05, 0) is 12.8 Å². The van der Waals surface area contributed by atoms with E-state index in [0.717, 1.165) is 19.4 Å². The highest BCUT2D eigenvalue weighted by Gasteiger charge is 2.53. The molecule has 0 saturated carbocycles. The molecule has 2 rings (SSSR count). The molecule has 0 N–H and O–H groups in total. The first-order chi connectivity index (χ1) is 11.0. The lowest BCUT2D eigenvalue weighted by Gasteiger charge is -2.18. The number of allylic oxidation sites excluding steroid dienone is 2. The van der Waals surface area contributed by atoms with Gasteiger partial charge in [0.15, 0.2) is 24.0 Å². The lowest BCUT2D eigenvalue weighted by Crippen LogP contribution is -2.32. The van der Waals surface area contributed by atoms with Crippen molar-refractivity contribution in [2.75, 3.05) is 6.61 Å². The molecule has 0 spiro atoms. The highest BCUT2D eigenvalue weighted by Crippen LogP contribution is 2.46. The number of alkyl halides is 1. The van der Waals surface area contributed by atoms with Crippen LogP contribution < -0.4 is 4.57 Å². The van der Waals surface area contributed by atoms with Gasteiger partial charge >= 0.3 is 5.85 Å². The second kappa shape index (κ2) is 7.68. The van der Waals surface area contributed by atoms with Crippen molar-refractivity contribution in [1.29, 1.82) is 0 Å². The third kappa shape index (κ3) is 3.96. The first-order valence-electron chi connectivity index (χ1n) is 7.35. The van der Waals surface area contributed by atoms with Crippen LogP contribution in [0, 0.1) is 0 Å². The zero-order valence-corrected chi connectivity index (χ0v) is 12.4. The predicted molar refractivity (Wildman–Crippen MR) is 73.4 cm³/mol. The number of nitrogens with zero attached hydrogens (tertiary/aromatic N) is 1. The second-order valence-electron chi connectivity index (χ2n) is 5.23. The highest BCUT2D eigenvalue weighted by atomic mass is 19.2. The minimum absolute atomic E-state index is 0.328. The molecule has 1 heterocycles. The second-order valence-corrected chi connectivity index (χ2v) is 5.23. The van der Waals surface area contributed by atoms with Crippen LogP contribution in [0.3, 0.4) is 0 Å². The molecule has 0 radical (unpaired) electrons. The molecule has 0 aromatic carbocycles. The minimum atomic E-state index is -3.76. The van der Waals surface area contributed by atoms with E-state index in [4.69, 9.17) is 0 Å². The summed E-state index contributed by atoms with van der Waals surface area (Å²) in [6, 6.07) is 5.74. The zero-order chi connectivity index (χ0) is 16.9. The average Bonchev–Trinajstić information content (AvgIpc) is 2.71. The Morgan fingerprint density at radius 1 is 0.826 bits per heavy atom. The van der Waals surface area contributed by atoms with Gasteiger partial charge in [0.05, 0.1) is 6.61 Å². The minimum Gasteiger partial charge on any atom is -0.335 e. The maximum absolute atomic E-state index is 13.8. The Morgan fingerprint density at radius 3 is 2.00 bits per heavy atom. The van der Waals surface area contributed by atoms with E-state index in [1.807, 2.05) is 35.2 Å². The number of unbranched alkanes of at least 4 members (excludes halogenated alkanes) is 3. The quantitative estimate of drug-likeness (QED) is 0.387. The standard InChI is InChI=1S/C16H17F5NO/c17-12-13(18)15(20)16(21,14(12)19)23-11-7-2-1-4-8-22-9-5-3-6-10-22/h3,5-6,9-10H,1-2,4,7-8,11H2/q+1. The van der Waals surface area contributed by atoms with Gasteiger partial charge in [-0.25, -0.2) is 22.1 Å². The van der Waals surface area contributed by atoms with Gasteiger partial charge < -0.3 is 4.74 Å². The molecule has 1 aromatic heterocycles. The number of aryl methyl sites for hydroxylation is 1. The smallest absolute Gasteiger partial charge is 0.320 e. The van der Waals surface area contributed by atoms with Gasteiger partial charge in [0, 0.05) is 18.6 Å². The maximum atomic E-state index is 13.8. The van der Waals surface area contributed by atoms with E-state index in [1.165, 1.54) is 0 Å². The Labute approximate surface area is 130 Å². The summed E-state index contributed by atoms with van der Waals surface area (Å²) in [4.78, 5) is 0. The summed E-state index contributed by atoms with van der Waals surface area (Å²) in [5.41, 5.74) is 0. The number of rotatable bonds is 8. The van der Waals surface area contributed by atoms with Crippen molar-refractivity contribution in [2.24, 2.45) is 0 Å². The molecule has 0 unspecified atom stereocenters. The van der Waals surface area contributed by atoms with Crippen LogP contribution in [0.25, 0.3) is 0 Å². The van der Waals surface area contributed by atoms with E-state index in [2.05, 4.69) is 4.74 Å². The molecule has 23 heavy (non-hydrogen) atoms. The molecule has 0 atom stereocenters. The Hall–Kier alpha value is -1.76. The summed E-state index contributed by atoms with van der Waals surface area (Å²) in [7, 11) is 0. The lowest BCUT2D eigenvalue weighted by atomic mass is 10.2. The lowest BCUT2D eigenvalue weighted by molar-refractivity contribution is -0.697. The first-order valence-corrected chi connectivity index (χ1v) is 7.35. The van der Waals surface area contributed by atoms with Crippen LogP contribution in [0.15, 0.2) is 53.9 Å². The monoisotopic (exact) mass is 334 g/mol. The van der Waals surface area contributed by atoms with Crippen molar-refractivity contribution in [2.45, 2.75) is 38.1 Å². The number of halogens is 5. The Bertz CT molecular complexity index is 576. The average molecular weight is 334 g/mol. The molecule has 126 valence electrons. The molecular weight excluding hydrogens is 317 g/mol. The van der Waals surface area contributed by atoms with Gasteiger partial charge in [0.1, 0.15) is 6.54 Å². The van der Waals surface area contributed by atoms with Crippen molar-refractivity contribution < 1.29 is 31.3 Å². The zero-order valence-electron chi connectivity index (χ0n) is 12.4. The Balaban J connectivity index is 1.66. The molecule has 1 aliphatic carbocycles. The maximum Gasteiger partial charge on any atom is 0.320 e. The number of hydrogen-bond donors (Lipinski definition) is 0. The Kier molecular flexibility index (Phi) is 5.87. The van der Waals surface area contributed by atoms with Crippen molar-refractivity contribution in [3.05, 3.63) is 53.9 Å². The molecular formula is C16H17F5NO+. The summed E-state index contributed by atoms with van der Waals surface area (Å²) in [6.45, 7) is 0.482. The molecule has 2 nitrogen and oxygen atoms in total. The first kappa shape index (κ1) is 17.6. The number of hydrogen-bond acceptors (Lipinski definition) is 1. The van der Waals surface area contributed by atoms with Crippen LogP contribution >= 0.6 is 0 Å². The number of aromatic nitrogens is 1. The van der Waals surface area contributed by atoms with Crippen LogP contribution in [0.4, 0.5) is 22.0 Å². The normalized spacial score (nSPS) is 17.3. The molecule has 1 aliphatic rings. The van der Waals surface area contributed by atoms with Crippen LogP contribution in [0.5, 0.6) is 0 Å². The van der Waals surface area contributed by atoms with Crippen molar-refractivity contribution in [1.82, 2.24) is 0 Å². The fourth-order valence-corrected chi connectivity index (χ4v) is 2.24. The summed E-state index contributed by atoms with van der Waals surface area (Å²) >= 11 is 0. The molecule has 0 saturated heterocycles. The fraction of sp³-hybridized carbons (Fsp3) is 0.438. The van der Waals surface area contributed by atoms with Crippen LogP contribution in [0.2, 0.25) is 0 Å². The topological polar surface area (TPSA) is 13.1 Å². The number of ether oxygens (including phenoxy) is 1. The van der Waals surface area contributed by atoms with E-state index < -0.39 is 29.2 Å². The summed E-state index contributed by atoms with van der Waals surface area (Å²) in [6.07, 6.45) is 6.53. The molecule has 1 aromatic rings. The predicted octanol–water partition coefficient (Wildman–Crippen LogP) is 4.53. The molecule has 0 amide bonds. The molecule has 0 bridgehead atoms. The highest BCUT2D eigenvalue weighted by molar-refractivity contribution is 5.42. The van der Waals surface area contributed by atoms with Crippen LogP contribution in [-0.4, -0.2) is 12.5 Å². The third-order valence-corrected chi connectivity index (χ3v) is 3.53. The van der Waals surface area contributed by atoms with Crippen molar-refractivity contribution in [3.63, 3.8) is 0 Å². The Morgan fingerprint density at radius 2 is 1.39 bits per heavy atom. The number of pyridine rings is 1. The van der Waals surface area contributed by atoms with Gasteiger partial charge in [-0.1, -0.05) is 12.5 Å². The van der Waals surface area contributed by atoms with Gasteiger partial charge in [0.2, 0.25) is 11.7 Å².